The van der Waals surface area contributed by atoms with Crippen LogP contribution >= 0.6 is 34.8 Å². The minimum absolute atomic E-state index is 0.0209. The third kappa shape index (κ3) is 6.99. The summed E-state index contributed by atoms with van der Waals surface area (Å²) in [6.45, 7) is 0.379. The number of carbonyl (C=O) groups excluding carboxylic acids is 1. The van der Waals surface area contributed by atoms with Crippen LogP contribution in [-0.4, -0.2) is 40.1 Å². The molecule has 0 spiro atoms. The zero-order valence-electron chi connectivity index (χ0n) is 19.9. The first-order valence-electron chi connectivity index (χ1n) is 11.5. The Morgan fingerprint density at radius 3 is 2.05 bits per heavy atom. The molecule has 2 N–H and O–H groups in total. The molecule has 0 unspecified atom stereocenters. The Bertz CT molecular complexity index is 1520. The number of carbonyl (C=O) groups is 1. The summed E-state index contributed by atoms with van der Waals surface area (Å²) in [5, 5.41) is 3.75. The highest BCUT2D eigenvalue weighted by molar-refractivity contribution is 7.92. The molecule has 0 aliphatic carbocycles. The molecule has 3 aromatic rings. The van der Waals surface area contributed by atoms with E-state index >= 15 is 0 Å². The van der Waals surface area contributed by atoms with Crippen molar-refractivity contribution in [1.29, 1.82) is 0 Å². The summed E-state index contributed by atoms with van der Waals surface area (Å²) in [5.74, 6) is -0.967. The number of sulfonamides is 2. The minimum Gasteiger partial charge on any atom is -0.326 e. The zero-order chi connectivity index (χ0) is 27.5. The SMILES string of the molecule is O=C(Nc1ccc(S(=O)(=O)Nc2cccc(Cl)c2)cc1)C1CCN(S(=O)(=O)Cc2c(Cl)cccc2Cl)CC1. The Hall–Kier alpha value is -2.34. The molecule has 1 saturated heterocycles. The highest BCUT2D eigenvalue weighted by Gasteiger charge is 2.32. The van der Waals surface area contributed by atoms with E-state index in [0.29, 0.717) is 34.8 Å². The molecule has 13 heteroatoms. The lowest BCUT2D eigenvalue weighted by atomic mass is 9.97. The predicted octanol–water partition coefficient (Wildman–Crippen LogP) is 5.63. The Labute approximate surface area is 237 Å². The van der Waals surface area contributed by atoms with Gasteiger partial charge >= 0.3 is 0 Å². The number of nitrogens with zero attached hydrogens (tertiary/aromatic N) is 1. The smallest absolute Gasteiger partial charge is 0.261 e. The summed E-state index contributed by atoms with van der Waals surface area (Å²) in [4.78, 5) is 12.8. The molecule has 1 fully saturated rings. The van der Waals surface area contributed by atoms with Gasteiger partial charge in [-0.25, -0.2) is 21.1 Å². The third-order valence-electron chi connectivity index (χ3n) is 6.12. The van der Waals surface area contributed by atoms with Crippen molar-refractivity contribution >= 4 is 72.1 Å². The standard InChI is InChI=1S/C25H24Cl3N3O5S2/c26-18-3-1-4-20(15-18)30-38(35,36)21-9-7-19(8-10-21)29-25(32)17-11-13-31(14-12-17)37(33,34)16-22-23(27)5-2-6-24(22)28/h1-10,15,17,30H,11-14,16H2,(H,29,32). The molecule has 202 valence electrons. The van der Waals surface area contributed by atoms with Gasteiger partial charge in [-0.2, -0.15) is 0 Å². The quantitative estimate of drug-likeness (QED) is 0.341. The predicted molar refractivity (Wildman–Crippen MR) is 151 cm³/mol. The van der Waals surface area contributed by atoms with Gasteiger partial charge in [0.1, 0.15) is 0 Å². The Balaban J connectivity index is 1.33. The van der Waals surface area contributed by atoms with Crippen molar-refractivity contribution in [2.75, 3.05) is 23.1 Å². The average Bonchev–Trinajstić information content (AvgIpc) is 2.86. The van der Waals surface area contributed by atoms with E-state index in [0.717, 1.165) is 0 Å². The van der Waals surface area contributed by atoms with Crippen LogP contribution in [0.5, 0.6) is 0 Å². The van der Waals surface area contributed by atoms with Gasteiger partial charge in [-0.05, 0) is 67.4 Å². The van der Waals surface area contributed by atoms with Gasteiger partial charge in [0, 0.05) is 45.3 Å². The van der Waals surface area contributed by atoms with Crippen molar-refractivity contribution in [3.63, 3.8) is 0 Å². The van der Waals surface area contributed by atoms with Crippen LogP contribution in [0, 0.1) is 5.92 Å². The molecule has 0 aromatic heterocycles. The first-order valence-corrected chi connectivity index (χ1v) is 15.8. The highest BCUT2D eigenvalue weighted by atomic mass is 35.5. The van der Waals surface area contributed by atoms with Gasteiger partial charge in [-0.15, -0.1) is 0 Å². The molecule has 0 saturated carbocycles. The maximum atomic E-state index is 12.9. The molecule has 0 bridgehead atoms. The summed E-state index contributed by atoms with van der Waals surface area (Å²) in [7, 11) is -7.52. The van der Waals surface area contributed by atoms with E-state index in [2.05, 4.69) is 10.0 Å². The van der Waals surface area contributed by atoms with Crippen LogP contribution in [0.2, 0.25) is 15.1 Å². The molecule has 1 heterocycles. The number of piperidine rings is 1. The van der Waals surface area contributed by atoms with Gasteiger partial charge in [0.25, 0.3) is 10.0 Å². The molecule has 1 amide bonds. The fraction of sp³-hybridized carbons (Fsp3) is 0.240. The summed E-state index contributed by atoms with van der Waals surface area (Å²) in [5.41, 5.74) is 1.11. The molecule has 38 heavy (non-hydrogen) atoms. The summed E-state index contributed by atoms with van der Waals surface area (Å²) >= 11 is 18.2. The highest BCUT2D eigenvalue weighted by Crippen LogP contribution is 2.29. The van der Waals surface area contributed by atoms with Crippen LogP contribution in [0.4, 0.5) is 11.4 Å². The van der Waals surface area contributed by atoms with Gasteiger partial charge in [0.05, 0.1) is 16.3 Å². The first kappa shape index (κ1) is 28.7. The van der Waals surface area contributed by atoms with Gasteiger partial charge in [0.2, 0.25) is 15.9 Å². The summed E-state index contributed by atoms with van der Waals surface area (Å²) in [6.07, 6.45) is 0.689. The Morgan fingerprint density at radius 2 is 1.45 bits per heavy atom. The lowest BCUT2D eigenvalue weighted by molar-refractivity contribution is -0.120. The number of hydrogen-bond donors (Lipinski definition) is 2. The van der Waals surface area contributed by atoms with Crippen LogP contribution in [-0.2, 0) is 30.6 Å². The van der Waals surface area contributed by atoms with E-state index in [9.17, 15) is 21.6 Å². The summed E-state index contributed by atoms with van der Waals surface area (Å²) < 4.78 is 54.9. The number of amides is 1. The summed E-state index contributed by atoms with van der Waals surface area (Å²) in [6, 6.07) is 16.9. The lowest BCUT2D eigenvalue weighted by Crippen LogP contribution is -2.42. The number of hydrogen-bond acceptors (Lipinski definition) is 5. The average molecular weight is 617 g/mol. The Morgan fingerprint density at radius 1 is 0.842 bits per heavy atom. The first-order chi connectivity index (χ1) is 17.9. The van der Waals surface area contributed by atoms with Crippen molar-refractivity contribution in [2.45, 2.75) is 23.5 Å². The van der Waals surface area contributed by atoms with Crippen molar-refractivity contribution in [2.24, 2.45) is 5.92 Å². The minimum atomic E-state index is -3.84. The van der Waals surface area contributed by atoms with Gasteiger partial charge in [0.15, 0.2) is 0 Å². The molecular formula is C25H24Cl3N3O5S2. The lowest BCUT2D eigenvalue weighted by Gasteiger charge is -2.30. The second-order valence-corrected chi connectivity index (χ2v) is 13.7. The monoisotopic (exact) mass is 615 g/mol. The molecule has 0 radical (unpaired) electrons. The molecule has 0 atom stereocenters. The maximum Gasteiger partial charge on any atom is 0.261 e. The van der Waals surface area contributed by atoms with E-state index in [1.165, 1.54) is 34.6 Å². The Kier molecular flexibility index (Phi) is 8.91. The van der Waals surface area contributed by atoms with Gasteiger partial charge in [-0.1, -0.05) is 46.9 Å². The second-order valence-electron chi connectivity index (χ2n) is 8.76. The number of benzene rings is 3. The van der Waals surface area contributed by atoms with E-state index in [4.69, 9.17) is 34.8 Å². The van der Waals surface area contributed by atoms with E-state index < -0.39 is 26.0 Å². The number of rotatable bonds is 8. The van der Waals surface area contributed by atoms with Crippen molar-refractivity contribution < 1.29 is 21.6 Å². The van der Waals surface area contributed by atoms with E-state index in [1.54, 1.807) is 36.4 Å². The van der Waals surface area contributed by atoms with Crippen molar-refractivity contribution in [3.8, 4) is 0 Å². The van der Waals surface area contributed by atoms with Gasteiger partial charge in [-0.3, -0.25) is 9.52 Å². The van der Waals surface area contributed by atoms with Crippen LogP contribution < -0.4 is 10.0 Å². The molecule has 8 nitrogen and oxygen atoms in total. The zero-order valence-corrected chi connectivity index (χ0v) is 23.8. The molecule has 4 rings (SSSR count). The number of halogens is 3. The van der Waals surface area contributed by atoms with E-state index in [-0.39, 0.29) is 39.7 Å². The van der Waals surface area contributed by atoms with Crippen molar-refractivity contribution in [1.82, 2.24) is 4.31 Å². The second kappa shape index (κ2) is 11.8. The van der Waals surface area contributed by atoms with E-state index in [1.807, 2.05) is 0 Å². The molecule has 1 aliphatic rings. The third-order valence-corrected chi connectivity index (χ3v) is 10.3. The van der Waals surface area contributed by atoms with Crippen LogP contribution in [0.3, 0.4) is 0 Å². The van der Waals surface area contributed by atoms with Crippen LogP contribution in [0.1, 0.15) is 18.4 Å². The molecule has 1 aliphatic heterocycles. The fourth-order valence-electron chi connectivity index (χ4n) is 4.07. The molecular weight excluding hydrogens is 593 g/mol. The largest absolute Gasteiger partial charge is 0.326 e. The number of nitrogens with one attached hydrogen (secondary N) is 2. The topological polar surface area (TPSA) is 113 Å². The van der Waals surface area contributed by atoms with Crippen LogP contribution in [0.15, 0.2) is 71.6 Å². The number of anilines is 2. The van der Waals surface area contributed by atoms with Crippen LogP contribution in [0.25, 0.3) is 0 Å². The molecule has 3 aromatic carbocycles. The van der Waals surface area contributed by atoms with Crippen molar-refractivity contribution in [3.05, 3.63) is 87.4 Å². The fourth-order valence-corrected chi connectivity index (χ4v) is 7.62. The normalized spacial score (nSPS) is 15.2. The maximum absolute atomic E-state index is 12.9. The van der Waals surface area contributed by atoms with Gasteiger partial charge < -0.3 is 5.32 Å².